The third-order valence-corrected chi connectivity index (χ3v) is 3.77. The van der Waals surface area contributed by atoms with Crippen LogP contribution in [-0.4, -0.2) is 13.4 Å². The van der Waals surface area contributed by atoms with Crippen molar-refractivity contribution < 1.29 is 12.8 Å². The maximum atomic E-state index is 13.0. The number of rotatable bonds is 3. The molecule has 1 heterocycles. The molecule has 0 radical (unpaired) electrons. The molecule has 3 N–H and O–H groups in total. The van der Waals surface area contributed by atoms with E-state index < -0.39 is 15.8 Å². The van der Waals surface area contributed by atoms with E-state index in [9.17, 15) is 12.8 Å². The molecule has 2 rings (SSSR count). The number of hydrogen-bond acceptors (Lipinski definition) is 5. The number of aromatic nitrogens is 1. The van der Waals surface area contributed by atoms with Gasteiger partial charge in [-0.25, -0.2) is 17.8 Å². The summed E-state index contributed by atoms with van der Waals surface area (Å²) in [6.45, 7) is 0. The number of nitrogens with one attached hydrogen (secondary N) is 1. The topological polar surface area (TPSA) is 109 Å². The van der Waals surface area contributed by atoms with Gasteiger partial charge in [0.25, 0.3) is 10.0 Å². The minimum absolute atomic E-state index is 0.00992. The molecule has 0 saturated heterocycles. The zero-order valence-electron chi connectivity index (χ0n) is 10.0. The van der Waals surface area contributed by atoms with Crippen molar-refractivity contribution in [3.63, 3.8) is 0 Å². The summed E-state index contributed by atoms with van der Waals surface area (Å²) >= 11 is 0. The highest BCUT2D eigenvalue weighted by Crippen LogP contribution is 2.21. The fourth-order valence-electron chi connectivity index (χ4n) is 1.50. The summed E-state index contributed by atoms with van der Waals surface area (Å²) in [5.41, 5.74) is 5.29. The molecule has 0 bridgehead atoms. The van der Waals surface area contributed by atoms with Crippen LogP contribution >= 0.6 is 0 Å². The summed E-state index contributed by atoms with van der Waals surface area (Å²) in [5, 5.41) is 8.87. The number of nitriles is 1. The Labute approximate surface area is 114 Å². The largest absolute Gasteiger partial charge is 0.384 e. The van der Waals surface area contributed by atoms with E-state index in [0.29, 0.717) is 0 Å². The third-order valence-electron chi connectivity index (χ3n) is 2.41. The Kier molecular flexibility index (Phi) is 3.54. The lowest BCUT2D eigenvalue weighted by Gasteiger charge is -2.09. The number of sulfonamides is 1. The van der Waals surface area contributed by atoms with E-state index in [1.807, 2.05) is 0 Å². The van der Waals surface area contributed by atoms with Gasteiger partial charge in [-0.2, -0.15) is 5.26 Å². The van der Waals surface area contributed by atoms with Crippen LogP contribution in [0.1, 0.15) is 5.56 Å². The molecule has 1 aromatic heterocycles. The van der Waals surface area contributed by atoms with Crippen molar-refractivity contribution in [2.75, 3.05) is 10.5 Å². The molecule has 0 aliphatic carbocycles. The Balaban J connectivity index is 2.42. The standard InChI is InChI=1S/C12H9FN4O2S/c13-9-1-2-11(8(5-9)7-14)17-20(18,19)10-3-4-16-12(15)6-10/h1-6,17H,(H2,15,16). The molecule has 20 heavy (non-hydrogen) atoms. The molecule has 0 spiro atoms. The summed E-state index contributed by atoms with van der Waals surface area (Å²) in [7, 11) is -3.92. The van der Waals surface area contributed by atoms with Crippen LogP contribution in [0.5, 0.6) is 0 Å². The van der Waals surface area contributed by atoms with Crippen LogP contribution in [-0.2, 0) is 10.0 Å². The summed E-state index contributed by atoms with van der Waals surface area (Å²) in [6.07, 6.45) is 1.25. The average Bonchev–Trinajstić information content (AvgIpc) is 2.40. The highest BCUT2D eigenvalue weighted by Gasteiger charge is 2.16. The van der Waals surface area contributed by atoms with Crippen LogP contribution in [0.4, 0.5) is 15.9 Å². The summed E-state index contributed by atoms with van der Waals surface area (Å²) in [4.78, 5) is 3.59. The number of hydrogen-bond donors (Lipinski definition) is 2. The van der Waals surface area contributed by atoms with E-state index in [2.05, 4.69) is 9.71 Å². The molecule has 0 unspecified atom stereocenters. The van der Waals surface area contributed by atoms with Crippen LogP contribution in [0.15, 0.2) is 41.4 Å². The van der Waals surface area contributed by atoms with Crippen molar-refractivity contribution in [2.45, 2.75) is 4.90 Å². The molecule has 102 valence electrons. The van der Waals surface area contributed by atoms with Gasteiger partial charge >= 0.3 is 0 Å². The van der Waals surface area contributed by atoms with Crippen molar-refractivity contribution in [1.29, 1.82) is 5.26 Å². The normalized spacial score (nSPS) is 10.8. The highest BCUT2D eigenvalue weighted by atomic mass is 32.2. The second-order valence-corrected chi connectivity index (χ2v) is 5.51. The predicted octanol–water partition coefficient (Wildman–Crippen LogP) is 1.48. The van der Waals surface area contributed by atoms with Crippen LogP contribution in [0.3, 0.4) is 0 Å². The molecule has 8 heteroatoms. The van der Waals surface area contributed by atoms with Crippen molar-refractivity contribution in [1.82, 2.24) is 4.98 Å². The number of anilines is 2. The zero-order chi connectivity index (χ0) is 14.8. The van der Waals surface area contributed by atoms with Crippen LogP contribution in [0.25, 0.3) is 0 Å². The lowest BCUT2D eigenvalue weighted by Crippen LogP contribution is -2.14. The lowest BCUT2D eigenvalue weighted by atomic mass is 10.2. The highest BCUT2D eigenvalue weighted by molar-refractivity contribution is 7.92. The molecular formula is C12H9FN4O2S. The minimum Gasteiger partial charge on any atom is -0.384 e. The molecule has 0 aliphatic heterocycles. The molecule has 0 saturated carbocycles. The van der Waals surface area contributed by atoms with Gasteiger partial charge in [0.05, 0.1) is 16.1 Å². The monoisotopic (exact) mass is 292 g/mol. The van der Waals surface area contributed by atoms with Crippen molar-refractivity contribution in [3.05, 3.63) is 47.9 Å². The second-order valence-electron chi connectivity index (χ2n) is 3.82. The average molecular weight is 292 g/mol. The fourth-order valence-corrected chi connectivity index (χ4v) is 2.60. The molecule has 2 aromatic rings. The van der Waals surface area contributed by atoms with Gasteiger partial charge in [-0.1, -0.05) is 0 Å². The summed E-state index contributed by atoms with van der Waals surface area (Å²) < 4.78 is 39.4. The van der Waals surface area contributed by atoms with Crippen molar-refractivity contribution in [3.8, 4) is 6.07 Å². The van der Waals surface area contributed by atoms with E-state index in [0.717, 1.165) is 12.1 Å². The summed E-state index contributed by atoms with van der Waals surface area (Å²) in [5.74, 6) is -0.579. The zero-order valence-corrected chi connectivity index (χ0v) is 10.9. The SMILES string of the molecule is N#Cc1cc(F)ccc1NS(=O)(=O)c1ccnc(N)c1. The maximum Gasteiger partial charge on any atom is 0.262 e. The molecule has 0 amide bonds. The van der Waals surface area contributed by atoms with E-state index in [-0.39, 0.29) is 22.0 Å². The Morgan fingerprint density at radius 1 is 1.30 bits per heavy atom. The molecule has 6 nitrogen and oxygen atoms in total. The quantitative estimate of drug-likeness (QED) is 0.890. The molecule has 1 aromatic carbocycles. The Hall–Kier alpha value is -2.66. The first-order chi connectivity index (χ1) is 9.42. The maximum absolute atomic E-state index is 13.0. The van der Waals surface area contributed by atoms with Crippen LogP contribution in [0, 0.1) is 17.1 Å². The predicted molar refractivity (Wildman–Crippen MR) is 70.6 cm³/mol. The van der Waals surface area contributed by atoms with Gasteiger partial charge in [-0.15, -0.1) is 0 Å². The first kappa shape index (κ1) is 13.8. The Morgan fingerprint density at radius 3 is 2.70 bits per heavy atom. The lowest BCUT2D eigenvalue weighted by molar-refractivity contribution is 0.601. The van der Waals surface area contributed by atoms with Gasteiger partial charge in [-0.3, -0.25) is 4.72 Å². The van der Waals surface area contributed by atoms with Gasteiger partial charge in [0, 0.05) is 12.3 Å². The van der Waals surface area contributed by atoms with E-state index in [1.165, 1.54) is 24.4 Å². The van der Waals surface area contributed by atoms with E-state index >= 15 is 0 Å². The van der Waals surface area contributed by atoms with Gasteiger partial charge < -0.3 is 5.73 Å². The number of nitrogen functional groups attached to an aromatic ring is 1. The van der Waals surface area contributed by atoms with Gasteiger partial charge in [-0.05, 0) is 24.3 Å². The first-order valence-electron chi connectivity index (χ1n) is 5.36. The number of benzene rings is 1. The van der Waals surface area contributed by atoms with Crippen molar-refractivity contribution in [2.24, 2.45) is 0 Å². The number of halogens is 1. The fraction of sp³-hybridized carbons (Fsp3) is 0. The second kappa shape index (κ2) is 5.14. The number of nitrogens with zero attached hydrogens (tertiary/aromatic N) is 2. The molecule has 0 aliphatic rings. The van der Waals surface area contributed by atoms with Gasteiger partial charge in [0.15, 0.2) is 0 Å². The minimum atomic E-state index is -3.92. The van der Waals surface area contributed by atoms with Gasteiger partial charge in [0.1, 0.15) is 17.7 Å². The van der Waals surface area contributed by atoms with Crippen LogP contribution < -0.4 is 10.5 Å². The number of pyridine rings is 1. The molecule has 0 atom stereocenters. The molecular weight excluding hydrogens is 283 g/mol. The Morgan fingerprint density at radius 2 is 2.05 bits per heavy atom. The van der Waals surface area contributed by atoms with Crippen LogP contribution in [0.2, 0.25) is 0 Å². The summed E-state index contributed by atoms with van der Waals surface area (Å²) in [6, 6.07) is 7.33. The number of nitrogens with two attached hydrogens (primary N) is 1. The van der Waals surface area contributed by atoms with E-state index in [4.69, 9.17) is 11.0 Å². The molecule has 0 fully saturated rings. The van der Waals surface area contributed by atoms with Gasteiger partial charge in [0.2, 0.25) is 0 Å². The van der Waals surface area contributed by atoms with Crippen molar-refractivity contribution >= 4 is 21.5 Å². The first-order valence-corrected chi connectivity index (χ1v) is 6.85. The third kappa shape index (κ3) is 2.84. The van der Waals surface area contributed by atoms with E-state index in [1.54, 1.807) is 6.07 Å². The Bertz CT molecular complexity index is 799. The smallest absolute Gasteiger partial charge is 0.262 e.